The van der Waals surface area contributed by atoms with Gasteiger partial charge in [-0.25, -0.2) is 9.78 Å². The van der Waals surface area contributed by atoms with Gasteiger partial charge in [-0.05, 0) is 23.3 Å². The summed E-state index contributed by atoms with van der Waals surface area (Å²) < 4.78 is 5.50. The van der Waals surface area contributed by atoms with Gasteiger partial charge in [-0.15, -0.1) is 11.8 Å². The Morgan fingerprint density at radius 3 is 2.55 bits per heavy atom. The third kappa shape index (κ3) is 6.00. The van der Waals surface area contributed by atoms with Gasteiger partial charge in [-0.1, -0.05) is 60.3 Å². The molecule has 0 radical (unpaired) electrons. The zero-order chi connectivity index (χ0) is 28.1. The van der Waals surface area contributed by atoms with Crippen LogP contribution in [0.4, 0.5) is 0 Å². The van der Waals surface area contributed by atoms with Crippen molar-refractivity contribution in [1.82, 2.24) is 25.5 Å². The number of β-lactam (4-membered cyclic amide) rings is 1. The number of ether oxygens (including phenoxy) is 1. The Balaban J connectivity index is 1.26. The van der Waals surface area contributed by atoms with Crippen molar-refractivity contribution in [2.45, 2.75) is 22.6 Å². The average molecular weight is 580 g/mol. The Kier molecular flexibility index (Phi) is 8.41. The predicted octanol–water partition coefficient (Wildman–Crippen LogP) is 2.18. The zero-order valence-electron chi connectivity index (χ0n) is 21.0. The fourth-order valence-electron chi connectivity index (χ4n) is 4.33. The Bertz CT molecular complexity index is 1420. The molecule has 0 aliphatic carbocycles. The average Bonchev–Trinajstić information content (AvgIpc) is 3.50. The van der Waals surface area contributed by atoms with Gasteiger partial charge in [0.25, 0.3) is 11.8 Å². The number of thioether (sulfide) groups is 2. The molecule has 5 rings (SSSR count). The number of para-hydroxylation sites is 1. The number of nitrogens with zero attached hydrogens (tertiary/aromatic N) is 2. The molecular formula is C27H25N5O6S2. The van der Waals surface area contributed by atoms with E-state index in [0.29, 0.717) is 33.5 Å². The van der Waals surface area contributed by atoms with Gasteiger partial charge in [0, 0.05) is 23.9 Å². The van der Waals surface area contributed by atoms with E-state index in [-0.39, 0.29) is 12.3 Å². The monoisotopic (exact) mass is 579 g/mol. The van der Waals surface area contributed by atoms with Crippen molar-refractivity contribution in [2.75, 3.05) is 18.1 Å². The Hall–Kier alpha value is -4.23. The Labute approximate surface area is 237 Å². The first-order valence-electron chi connectivity index (χ1n) is 12.3. The minimum absolute atomic E-state index is 0.0655. The molecule has 40 heavy (non-hydrogen) atoms. The van der Waals surface area contributed by atoms with E-state index < -0.39 is 41.1 Å². The van der Waals surface area contributed by atoms with Crippen molar-refractivity contribution >= 4 is 47.2 Å². The lowest BCUT2D eigenvalue weighted by atomic mass is 10.0. The van der Waals surface area contributed by atoms with E-state index in [1.54, 1.807) is 67.0 Å². The molecule has 1 fully saturated rings. The number of aromatic nitrogens is 2. The molecule has 13 heteroatoms. The number of carbonyl (C=O) groups excluding carboxylic acids is 3. The summed E-state index contributed by atoms with van der Waals surface area (Å²) in [4.78, 5) is 59.7. The van der Waals surface area contributed by atoms with Crippen LogP contribution in [0.25, 0.3) is 0 Å². The van der Waals surface area contributed by atoms with Crippen LogP contribution in [0.15, 0.2) is 89.5 Å². The highest BCUT2D eigenvalue weighted by atomic mass is 32.2. The van der Waals surface area contributed by atoms with Crippen LogP contribution >= 0.6 is 23.5 Å². The molecule has 0 bridgehead atoms. The molecule has 206 valence electrons. The van der Waals surface area contributed by atoms with Gasteiger partial charge in [-0.3, -0.25) is 19.3 Å². The number of benzene rings is 2. The number of carboxylic acids is 1. The minimum atomic E-state index is -1.20. The van der Waals surface area contributed by atoms with Crippen LogP contribution in [-0.2, 0) is 19.2 Å². The topological polar surface area (TPSA) is 154 Å². The molecule has 4 N–H and O–H groups in total. The van der Waals surface area contributed by atoms with E-state index in [1.165, 1.54) is 28.4 Å². The number of fused-ring (bicyclic) bond motifs is 1. The maximum atomic E-state index is 13.4. The maximum absolute atomic E-state index is 13.4. The second-order valence-electron chi connectivity index (χ2n) is 8.85. The molecule has 2 unspecified atom stereocenters. The number of hydrogen-bond acceptors (Lipinski definition) is 8. The summed E-state index contributed by atoms with van der Waals surface area (Å²) in [5.41, 5.74) is 1.06. The highest BCUT2D eigenvalue weighted by Crippen LogP contribution is 2.41. The van der Waals surface area contributed by atoms with Crippen LogP contribution in [0.1, 0.15) is 11.6 Å². The van der Waals surface area contributed by atoms with Crippen LogP contribution < -0.4 is 15.4 Å². The van der Waals surface area contributed by atoms with E-state index in [1.807, 2.05) is 6.07 Å². The van der Waals surface area contributed by atoms with Crippen molar-refractivity contribution in [3.8, 4) is 5.75 Å². The fraction of sp³-hybridized carbons (Fsp3) is 0.222. The summed E-state index contributed by atoms with van der Waals surface area (Å²) in [5, 5.41) is 15.4. The van der Waals surface area contributed by atoms with Crippen molar-refractivity contribution in [2.24, 2.45) is 0 Å². The molecule has 2 aliphatic heterocycles. The summed E-state index contributed by atoms with van der Waals surface area (Å²) in [7, 11) is 0. The molecule has 11 nitrogen and oxygen atoms in total. The first-order chi connectivity index (χ1) is 19.4. The van der Waals surface area contributed by atoms with Crippen molar-refractivity contribution in [1.29, 1.82) is 0 Å². The van der Waals surface area contributed by atoms with E-state index in [9.17, 15) is 24.3 Å². The third-order valence-electron chi connectivity index (χ3n) is 6.22. The van der Waals surface area contributed by atoms with Crippen LogP contribution in [0.5, 0.6) is 5.75 Å². The Morgan fingerprint density at radius 2 is 1.88 bits per heavy atom. The molecule has 3 amide bonds. The van der Waals surface area contributed by atoms with E-state index in [2.05, 4.69) is 20.6 Å². The van der Waals surface area contributed by atoms with Crippen LogP contribution in [-0.4, -0.2) is 73.2 Å². The summed E-state index contributed by atoms with van der Waals surface area (Å²) in [5.74, 6) is -1.58. The molecule has 3 heterocycles. The number of rotatable bonds is 11. The zero-order valence-corrected chi connectivity index (χ0v) is 22.6. The van der Waals surface area contributed by atoms with Gasteiger partial charge < -0.3 is 25.5 Å². The molecule has 2 aromatic carbocycles. The summed E-state index contributed by atoms with van der Waals surface area (Å²) in [6.45, 7) is -0.305. The predicted molar refractivity (Wildman–Crippen MR) is 148 cm³/mol. The number of aromatic amines is 1. The van der Waals surface area contributed by atoms with Gasteiger partial charge in [-0.2, -0.15) is 0 Å². The van der Waals surface area contributed by atoms with Gasteiger partial charge in [0.15, 0.2) is 11.8 Å². The van der Waals surface area contributed by atoms with Crippen molar-refractivity contribution in [3.63, 3.8) is 0 Å². The summed E-state index contributed by atoms with van der Waals surface area (Å²) >= 11 is 2.72. The summed E-state index contributed by atoms with van der Waals surface area (Å²) in [6.07, 6.45) is 3.28. The van der Waals surface area contributed by atoms with Gasteiger partial charge in [0.2, 0.25) is 5.91 Å². The number of carbonyl (C=O) groups is 4. The molecule has 3 atom stereocenters. The Morgan fingerprint density at radius 1 is 1.15 bits per heavy atom. The quantitative estimate of drug-likeness (QED) is 0.198. The van der Waals surface area contributed by atoms with Crippen molar-refractivity contribution in [3.05, 3.63) is 89.9 Å². The first-order valence-corrected chi connectivity index (χ1v) is 14.3. The number of nitrogens with one attached hydrogen (secondary N) is 3. The molecular weight excluding hydrogens is 554 g/mol. The van der Waals surface area contributed by atoms with Crippen LogP contribution in [0, 0.1) is 0 Å². The number of imidazole rings is 1. The first kappa shape index (κ1) is 27.3. The SMILES string of the molecule is O=C(COc1ccccc1)NC(C(=O)NC1C(=O)N2C(C(=O)O)=C(CSc3ncc[nH]3)CS[C@H]12)c1ccccc1. The fourth-order valence-corrected chi connectivity index (χ4v) is 6.64. The smallest absolute Gasteiger partial charge is 0.352 e. The largest absolute Gasteiger partial charge is 0.484 e. The van der Waals surface area contributed by atoms with Crippen LogP contribution in [0.3, 0.4) is 0 Å². The third-order valence-corrected chi connectivity index (χ3v) is 8.55. The summed E-state index contributed by atoms with van der Waals surface area (Å²) in [6, 6.07) is 15.4. The van der Waals surface area contributed by atoms with Gasteiger partial charge in [0.1, 0.15) is 28.9 Å². The number of carboxylic acid groups (broad SMARTS) is 1. The number of aliphatic carboxylic acids is 1. The van der Waals surface area contributed by atoms with E-state index in [4.69, 9.17) is 4.74 Å². The lowest BCUT2D eigenvalue weighted by Gasteiger charge is -2.49. The highest BCUT2D eigenvalue weighted by Gasteiger charge is 2.54. The van der Waals surface area contributed by atoms with Crippen molar-refractivity contribution < 1.29 is 29.0 Å². The second-order valence-corrected chi connectivity index (χ2v) is 10.9. The highest BCUT2D eigenvalue weighted by molar-refractivity contribution is 8.01. The minimum Gasteiger partial charge on any atom is -0.484 e. The number of hydrogen-bond donors (Lipinski definition) is 4. The van der Waals surface area contributed by atoms with E-state index in [0.717, 1.165) is 0 Å². The van der Waals surface area contributed by atoms with Crippen LogP contribution in [0.2, 0.25) is 0 Å². The molecule has 1 saturated heterocycles. The van der Waals surface area contributed by atoms with Gasteiger partial charge >= 0.3 is 5.97 Å². The lowest BCUT2D eigenvalue weighted by molar-refractivity contribution is -0.151. The molecule has 2 aliphatic rings. The second kappa shape index (κ2) is 12.3. The standard InChI is InChI=1S/C27H25N5O6S2/c33-19(13-38-18-9-5-2-6-10-18)30-20(16-7-3-1-4-8-16)23(34)31-21-24(35)32-22(26(36)37)17(14-39-25(21)32)15-40-27-28-11-12-29-27/h1-12,20-21,25H,13-15H2,(H,28,29)(H,30,33)(H,31,34)(H,36,37)/t20?,21?,25-/m1/s1. The lowest BCUT2D eigenvalue weighted by Crippen LogP contribution is -2.71. The molecule has 1 aromatic heterocycles. The number of amides is 3. The van der Waals surface area contributed by atoms with E-state index >= 15 is 0 Å². The number of H-pyrrole nitrogens is 1. The molecule has 3 aromatic rings. The van der Waals surface area contributed by atoms with Gasteiger partial charge in [0.05, 0.1) is 0 Å². The normalized spacial score (nSPS) is 18.8. The molecule has 0 spiro atoms. The molecule has 0 saturated carbocycles. The maximum Gasteiger partial charge on any atom is 0.352 e.